The lowest BCUT2D eigenvalue weighted by Crippen LogP contribution is -2.29. The number of nitrogens with two attached hydrogens (primary N) is 1. The fourth-order valence-electron chi connectivity index (χ4n) is 4.21. The van der Waals surface area contributed by atoms with E-state index in [2.05, 4.69) is 19.9 Å². The minimum Gasteiger partial charge on any atom is -0.493 e. The fraction of sp³-hybridized carbons (Fsp3) is 0.290. The number of halogens is 1. The standard InChI is InChI=1S/C31H31FN2O6/c1-18(2)13-14-37-26-12-9-20(15-28(26)36-4)29-22-11-10-21(16-27(22)40-30(34)23(29)17-33)39-31(35)19(3)38-25-8-6-5-7-24(25)32/h5-12,15-16,18-19,29H,13-14,34H2,1-4H3. The highest BCUT2D eigenvalue weighted by Crippen LogP contribution is 2.45. The maximum Gasteiger partial charge on any atom is 0.352 e. The van der Waals surface area contributed by atoms with Gasteiger partial charge in [-0.3, -0.25) is 0 Å². The van der Waals surface area contributed by atoms with Gasteiger partial charge in [0.05, 0.1) is 19.6 Å². The predicted octanol–water partition coefficient (Wildman–Crippen LogP) is 5.85. The average molecular weight is 547 g/mol. The highest BCUT2D eigenvalue weighted by Gasteiger charge is 2.32. The Bertz CT molecular complexity index is 1460. The number of rotatable bonds is 10. The zero-order chi connectivity index (χ0) is 28.8. The molecule has 0 saturated heterocycles. The Morgan fingerprint density at radius 3 is 2.55 bits per heavy atom. The van der Waals surface area contributed by atoms with Crippen LogP contribution in [0.2, 0.25) is 0 Å². The third-order valence-corrected chi connectivity index (χ3v) is 6.36. The van der Waals surface area contributed by atoms with Gasteiger partial charge in [0.15, 0.2) is 29.2 Å². The van der Waals surface area contributed by atoms with Gasteiger partial charge in [-0.1, -0.05) is 38.1 Å². The molecule has 1 heterocycles. The first-order chi connectivity index (χ1) is 19.2. The van der Waals surface area contributed by atoms with E-state index in [9.17, 15) is 14.4 Å². The van der Waals surface area contributed by atoms with Crippen LogP contribution in [0.4, 0.5) is 4.39 Å². The molecule has 0 fully saturated rings. The number of allylic oxidation sites excluding steroid dienone is 1. The van der Waals surface area contributed by atoms with E-state index in [1.54, 1.807) is 25.3 Å². The number of carbonyl (C=O) groups excluding carboxylic acids is 1. The predicted molar refractivity (Wildman–Crippen MR) is 146 cm³/mol. The van der Waals surface area contributed by atoms with Crippen molar-refractivity contribution in [3.8, 4) is 34.8 Å². The lowest BCUT2D eigenvalue weighted by Gasteiger charge is -2.27. The molecule has 1 aliphatic rings. The zero-order valence-electron chi connectivity index (χ0n) is 22.8. The molecule has 0 radical (unpaired) electrons. The van der Waals surface area contributed by atoms with Gasteiger partial charge in [0.2, 0.25) is 5.88 Å². The van der Waals surface area contributed by atoms with Crippen LogP contribution in [0, 0.1) is 23.1 Å². The maximum atomic E-state index is 13.9. The quantitative estimate of drug-likeness (QED) is 0.249. The Labute approximate surface area is 232 Å². The molecule has 1 aliphatic heterocycles. The number of carbonyl (C=O) groups is 1. The zero-order valence-corrected chi connectivity index (χ0v) is 22.8. The molecule has 2 atom stereocenters. The number of benzene rings is 3. The summed E-state index contributed by atoms with van der Waals surface area (Å²) >= 11 is 0. The summed E-state index contributed by atoms with van der Waals surface area (Å²) in [6, 6.07) is 18.2. The first-order valence-electron chi connectivity index (χ1n) is 12.9. The van der Waals surface area contributed by atoms with E-state index in [4.69, 9.17) is 29.4 Å². The topological polar surface area (TPSA) is 113 Å². The molecule has 0 saturated carbocycles. The van der Waals surface area contributed by atoms with E-state index in [1.165, 1.54) is 31.2 Å². The minimum atomic E-state index is -1.08. The van der Waals surface area contributed by atoms with Crippen LogP contribution >= 0.6 is 0 Å². The number of para-hydroxylation sites is 1. The van der Waals surface area contributed by atoms with E-state index in [0.717, 1.165) is 12.0 Å². The van der Waals surface area contributed by atoms with E-state index in [-0.39, 0.29) is 23.0 Å². The Morgan fingerprint density at radius 1 is 1.07 bits per heavy atom. The van der Waals surface area contributed by atoms with Gasteiger partial charge in [-0.15, -0.1) is 0 Å². The van der Waals surface area contributed by atoms with Crippen molar-refractivity contribution in [3.63, 3.8) is 0 Å². The highest BCUT2D eigenvalue weighted by atomic mass is 19.1. The number of esters is 1. The van der Waals surface area contributed by atoms with Gasteiger partial charge < -0.3 is 29.4 Å². The number of nitriles is 1. The van der Waals surface area contributed by atoms with Crippen LogP contribution in [-0.2, 0) is 4.79 Å². The van der Waals surface area contributed by atoms with Crippen molar-refractivity contribution in [1.29, 1.82) is 5.26 Å². The van der Waals surface area contributed by atoms with Crippen LogP contribution in [0.3, 0.4) is 0 Å². The largest absolute Gasteiger partial charge is 0.493 e. The number of ether oxygens (including phenoxy) is 5. The van der Waals surface area contributed by atoms with Crippen LogP contribution < -0.4 is 29.4 Å². The maximum absolute atomic E-state index is 13.9. The normalized spacial score (nSPS) is 15.0. The monoisotopic (exact) mass is 546 g/mol. The first-order valence-corrected chi connectivity index (χ1v) is 12.9. The van der Waals surface area contributed by atoms with E-state index < -0.39 is 23.8 Å². The Morgan fingerprint density at radius 2 is 1.85 bits per heavy atom. The van der Waals surface area contributed by atoms with Gasteiger partial charge in [-0.05, 0) is 55.2 Å². The summed E-state index contributed by atoms with van der Waals surface area (Å²) in [5.74, 6) is 0.142. The second-order valence-corrected chi connectivity index (χ2v) is 9.68. The molecule has 2 unspecified atom stereocenters. The summed E-state index contributed by atoms with van der Waals surface area (Å²) < 4.78 is 42.0. The van der Waals surface area contributed by atoms with Gasteiger partial charge in [0, 0.05) is 11.6 Å². The van der Waals surface area contributed by atoms with Crippen LogP contribution in [0.1, 0.15) is 44.2 Å². The number of nitrogens with zero attached hydrogens (tertiary/aromatic N) is 1. The lowest BCUT2D eigenvalue weighted by atomic mass is 9.83. The fourth-order valence-corrected chi connectivity index (χ4v) is 4.21. The molecule has 40 heavy (non-hydrogen) atoms. The Hall–Kier alpha value is -4.71. The summed E-state index contributed by atoms with van der Waals surface area (Å²) in [6.45, 7) is 6.26. The first kappa shape index (κ1) is 28.3. The molecule has 9 heteroatoms. The highest BCUT2D eigenvalue weighted by molar-refractivity contribution is 5.77. The van der Waals surface area contributed by atoms with E-state index in [0.29, 0.717) is 35.3 Å². The second-order valence-electron chi connectivity index (χ2n) is 9.68. The molecule has 2 N–H and O–H groups in total. The molecule has 4 rings (SSSR count). The number of fused-ring (bicyclic) bond motifs is 1. The van der Waals surface area contributed by atoms with Gasteiger partial charge >= 0.3 is 5.97 Å². The lowest BCUT2D eigenvalue weighted by molar-refractivity contribution is -0.141. The molecule has 0 spiro atoms. The van der Waals surface area contributed by atoms with Crippen molar-refractivity contribution in [3.05, 3.63) is 89.1 Å². The van der Waals surface area contributed by atoms with E-state index in [1.807, 2.05) is 18.2 Å². The number of hydrogen-bond donors (Lipinski definition) is 1. The smallest absolute Gasteiger partial charge is 0.352 e. The van der Waals surface area contributed by atoms with Gasteiger partial charge in [-0.25, -0.2) is 9.18 Å². The molecule has 0 aromatic heterocycles. The number of hydrogen-bond acceptors (Lipinski definition) is 8. The van der Waals surface area contributed by atoms with Crippen molar-refractivity contribution in [2.75, 3.05) is 13.7 Å². The van der Waals surface area contributed by atoms with Crippen LogP contribution in [-0.4, -0.2) is 25.8 Å². The second kappa shape index (κ2) is 12.4. The van der Waals surface area contributed by atoms with Crippen molar-refractivity contribution < 1.29 is 32.9 Å². The average Bonchev–Trinajstić information content (AvgIpc) is 2.93. The number of methoxy groups -OCH3 is 1. The van der Waals surface area contributed by atoms with E-state index >= 15 is 0 Å². The molecule has 208 valence electrons. The molecular weight excluding hydrogens is 515 g/mol. The molecule has 0 amide bonds. The minimum absolute atomic E-state index is 0.0581. The molecule has 3 aromatic rings. The van der Waals surface area contributed by atoms with Gasteiger partial charge in [0.1, 0.15) is 23.1 Å². The van der Waals surface area contributed by atoms with Gasteiger partial charge in [-0.2, -0.15) is 5.26 Å². The van der Waals surface area contributed by atoms with Crippen LogP contribution in [0.5, 0.6) is 28.7 Å². The molecule has 0 bridgehead atoms. The summed E-state index contributed by atoms with van der Waals surface area (Å²) in [5.41, 5.74) is 7.77. The van der Waals surface area contributed by atoms with Crippen molar-refractivity contribution in [2.45, 2.75) is 39.2 Å². The summed E-state index contributed by atoms with van der Waals surface area (Å²) in [4.78, 5) is 12.6. The molecule has 0 aliphatic carbocycles. The van der Waals surface area contributed by atoms with Crippen molar-refractivity contribution in [2.24, 2.45) is 11.7 Å². The van der Waals surface area contributed by atoms with Crippen LogP contribution in [0.15, 0.2) is 72.1 Å². The van der Waals surface area contributed by atoms with Crippen molar-refractivity contribution in [1.82, 2.24) is 0 Å². The summed E-state index contributed by atoms with van der Waals surface area (Å²) in [7, 11) is 1.55. The summed E-state index contributed by atoms with van der Waals surface area (Å²) in [6.07, 6.45) is -0.178. The Balaban J connectivity index is 1.58. The summed E-state index contributed by atoms with van der Waals surface area (Å²) in [5, 5.41) is 9.91. The van der Waals surface area contributed by atoms with Crippen LogP contribution in [0.25, 0.3) is 0 Å². The third-order valence-electron chi connectivity index (χ3n) is 6.36. The molecule has 3 aromatic carbocycles. The SMILES string of the molecule is COc1cc(C2C(C#N)=C(N)Oc3cc(OC(=O)C(C)Oc4ccccc4F)ccc32)ccc1OCCC(C)C. The Kier molecular flexibility index (Phi) is 8.80. The van der Waals surface area contributed by atoms with Gasteiger partial charge in [0.25, 0.3) is 0 Å². The molecular formula is C31H31FN2O6. The molecule has 8 nitrogen and oxygen atoms in total. The van der Waals surface area contributed by atoms with Crippen molar-refractivity contribution >= 4 is 5.97 Å². The third kappa shape index (κ3) is 6.29.